The minimum absolute atomic E-state index is 0.507. The number of halogens is 1. The molecule has 2 heterocycles. The fourth-order valence-corrected chi connectivity index (χ4v) is 3.24. The molecule has 1 saturated carbocycles. The Balaban J connectivity index is 1.53. The summed E-state index contributed by atoms with van der Waals surface area (Å²) >= 11 is 7.50. The average molecular weight is 299 g/mol. The van der Waals surface area contributed by atoms with Gasteiger partial charge in [0.05, 0.1) is 0 Å². The van der Waals surface area contributed by atoms with Gasteiger partial charge in [-0.15, -0.1) is 0 Å². The zero-order valence-corrected chi connectivity index (χ0v) is 12.7. The lowest BCUT2D eigenvalue weighted by atomic mass is 10.1. The van der Waals surface area contributed by atoms with E-state index in [1.165, 1.54) is 44.1 Å². The van der Waals surface area contributed by atoms with Gasteiger partial charge in [0.1, 0.15) is 11.0 Å². The van der Waals surface area contributed by atoms with E-state index in [1.807, 2.05) is 6.26 Å². The van der Waals surface area contributed by atoms with E-state index in [0.717, 1.165) is 29.5 Å². The Morgan fingerprint density at radius 3 is 3.00 bits per heavy atom. The Bertz CT molecular complexity index is 452. The summed E-state index contributed by atoms with van der Waals surface area (Å²) in [6, 6.07) is 2.69. The van der Waals surface area contributed by atoms with Crippen LogP contribution in [0, 0.1) is 5.92 Å². The monoisotopic (exact) mass is 298 g/mol. The van der Waals surface area contributed by atoms with Crippen molar-refractivity contribution in [3.63, 3.8) is 0 Å². The molecule has 104 valence electrons. The van der Waals surface area contributed by atoms with E-state index < -0.39 is 0 Å². The maximum Gasteiger partial charge on any atom is 0.190 e. The van der Waals surface area contributed by atoms with Gasteiger partial charge in [-0.1, -0.05) is 23.4 Å². The summed E-state index contributed by atoms with van der Waals surface area (Å²) in [4.78, 5) is 11.2. The number of nitrogens with one attached hydrogen (secondary N) is 1. The number of aromatic nitrogens is 2. The molecule has 1 N–H and O–H groups in total. The molecular weight excluding hydrogens is 280 g/mol. The van der Waals surface area contributed by atoms with Gasteiger partial charge in [-0.05, 0) is 38.0 Å². The second-order valence-corrected chi connectivity index (χ2v) is 6.48. The van der Waals surface area contributed by atoms with Crippen molar-refractivity contribution in [3.05, 3.63) is 11.2 Å². The van der Waals surface area contributed by atoms with E-state index in [9.17, 15) is 0 Å². The third-order valence-corrected chi connectivity index (χ3v) is 4.55. The largest absolute Gasteiger partial charge is 0.370 e. The zero-order valence-electron chi connectivity index (χ0n) is 11.1. The molecule has 2 aliphatic rings. The van der Waals surface area contributed by atoms with Gasteiger partial charge in [-0.2, -0.15) is 0 Å². The third-order valence-electron chi connectivity index (χ3n) is 3.81. The van der Waals surface area contributed by atoms with Gasteiger partial charge in [0.15, 0.2) is 5.16 Å². The highest BCUT2D eigenvalue weighted by molar-refractivity contribution is 7.98. The molecule has 2 fully saturated rings. The molecule has 0 aromatic carbocycles. The molecule has 4 nitrogen and oxygen atoms in total. The Hall–Kier alpha value is -0.520. The molecule has 3 rings (SSSR count). The van der Waals surface area contributed by atoms with Crippen molar-refractivity contribution in [3.8, 4) is 0 Å². The van der Waals surface area contributed by atoms with E-state index in [0.29, 0.717) is 5.15 Å². The van der Waals surface area contributed by atoms with Crippen molar-refractivity contribution in [2.24, 2.45) is 5.92 Å². The highest BCUT2D eigenvalue weighted by Gasteiger charge is 2.34. The Morgan fingerprint density at radius 1 is 1.42 bits per heavy atom. The summed E-state index contributed by atoms with van der Waals surface area (Å²) in [5.74, 6) is 1.57. The van der Waals surface area contributed by atoms with Gasteiger partial charge in [0.25, 0.3) is 0 Å². The summed E-state index contributed by atoms with van der Waals surface area (Å²) in [5, 5.41) is 4.64. The minimum Gasteiger partial charge on any atom is -0.370 e. The van der Waals surface area contributed by atoms with Gasteiger partial charge < -0.3 is 10.2 Å². The fraction of sp³-hybridized carbons (Fsp3) is 0.692. The molecule has 1 unspecified atom stereocenters. The lowest BCUT2D eigenvalue weighted by Gasteiger charge is -2.15. The maximum absolute atomic E-state index is 5.98. The van der Waals surface area contributed by atoms with Gasteiger partial charge >= 0.3 is 0 Å². The van der Waals surface area contributed by atoms with Crippen molar-refractivity contribution in [1.82, 2.24) is 14.9 Å². The number of nitrogens with zero attached hydrogens (tertiary/aromatic N) is 3. The fourth-order valence-electron chi connectivity index (χ4n) is 2.63. The molecule has 1 aliphatic carbocycles. The Morgan fingerprint density at radius 2 is 2.26 bits per heavy atom. The molecule has 1 aliphatic heterocycles. The van der Waals surface area contributed by atoms with Crippen LogP contribution in [0.5, 0.6) is 0 Å². The second kappa shape index (κ2) is 5.85. The molecule has 1 aromatic heterocycles. The number of hydrogen-bond acceptors (Lipinski definition) is 5. The predicted molar refractivity (Wildman–Crippen MR) is 80.0 cm³/mol. The predicted octanol–water partition coefficient (Wildman–Crippen LogP) is 2.75. The van der Waals surface area contributed by atoms with Gasteiger partial charge in [0.2, 0.25) is 0 Å². The summed E-state index contributed by atoms with van der Waals surface area (Å²) in [6.07, 6.45) is 6.05. The SMILES string of the molecule is CSc1nc(Cl)cc(NCC2CCN(C3CC3)C2)n1. The van der Waals surface area contributed by atoms with Crippen LogP contribution >= 0.6 is 23.4 Å². The first-order valence-corrected chi connectivity index (χ1v) is 8.41. The lowest BCUT2D eigenvalue weighted by molar-refractivity contribution is 0.316. The first-order chi connectivity index (χ1) is 9.24. The van der Waals surface area contributed by atoms with Crippen molar-refractivity contribution in [1.29, 1.82) is 0 Å². The van der Waals surface area contributed by atoms with E-state index >= 15 is 0 Å². The van der Waals surface area contributed by atoms with Crippen molar-refractivity contribution in [2.45, 2.75) is 30.5 Å². The molecular formula is C13H19ClN4S. The van der Waals surface area contributed by atoms with Gasteiger partial charge in [-0.3, -0.25) is 0 Å². The summed E-state index contributed by atoms with van der Waals surface area (Å²) in [7, 11) is 0. The van der Waals surface area contributed by atoms with Crippen LogP contribution in [-0.2, 0) is 0 Å². The summed E-state index contributed by atoms with van der Waals surface area (Å²) < 4.78 is 0. The topological polar surface area (TPSA) is 41.1 Å². The van der Waals surface area contributed by atoms with Crippen molar-refractivity contribution < 1.29 is 0 Å². The molecule has 1 aromatic rings. The number of likely N-dealkylation sites (tertiary alicyclic amines) is 1. The first kappa shape index (κ1) is 13.5. The molecule has 0 radical (unpaired) electrons. The van der Waals surface area contributed by atoms with E-state index in [2.05, 4.69) is 20.2 Å². The zero-order chi connectivity index (χ0) is 13.2. The van der Waals surface area contributed by atoms with E-state index in [-0.39, 0.29) is 0 Å². The molecule has 1 atom stereocenters. The van der Waals surface area contributed by atoms with E-state index in [4.69, 9.17) is 11.6 Å². The van der Waals surface area contributed by atoms with Crippen LogP contribution in [0.25, 0.3) is 0 Å². The summed E-state index contributed by atoms with van der Waals surface area (Å²) in [5.41, 5.74) is 0. The van der Waals surface area contributed by atoms with Crippen LogP contribution in [0.15, 0.2) is 11.2 Å². The lowest BCUT2D eigenvalue weighted by Crippen LogP contribution is -2.25. The number of anilines is 1. The number of rotatable bonds is 5. The number of hydrogen-bond donors (Lipinski definition) is 1. The molecule has 0 amide bonds. The van der Waals surface area contributed by atoms with Crippen LogP contribution < -0.4 is 5.32 Å². The molecule has 0 bridgehead atoms. The highest BCUT2D eigenvalue weighted by atomic mass is 35.5. The van der Waals surface area contributed by atoms with Crippen LogP contribution in [0.1, 0.15) is 19.3 Å². The molecule has 1 saturated heterocycles. The van der Waals surface area contributed by atoms with Crippen molar-refractivity contribution >= 4 is 29.2 Å². The van der Waals surface area contributed by atoms with Gasteiger partial charge in [-0.25, -0.2) is 9.97 Å². The molecule has 6 heteroatoms. The van der Waals surface area contributed by atoms with Crippen LogP contribution in [-0.4, -0.2) is 46.8 Å². The van der Waals surface area contributed by atoms with Crippen molar-refractivity contribution in [2.75, 3.05) is 31.2 Å². The van der Waals surface area contributed by atoms with Crippen LogP contribution in [0.2, 0.25) is 5.15 Å². The molecule has 19 heavy (non-hydrogen) atoms. The number of thioether (sulfide) groups is 1. The maximum atomic E-state index is 5.98. The normalized spacial score (nSPS) is 23.8. The van der Waals surface area contributed by atoms with Crippen LogP contribution in [0.3, 0.4) is 0 Å². The highest BCUT2D eigenvalue weighted by Crippen LogP contribution is 2.31. The summed E-state index contributed by atoms with van der Waals surface area (Å²) in [6.45, 7) is 3.47. The third kappa shape index (κ3) is 3.52. The molecule has 0 spiro atoms. The average Bonchev–Trinajstić information content (AvgIpc) is 3.15. The second-order valence-electron chi connectivity index (χ2n) is 5.32. The smallest absolute Gasteiger partial charge is 0.190 e. The standard InChI is InChI=1S/C13H19ClN4S/c1-19-13-16-11(14)6-12(17-13)15-7-9-4-5-18(8-9)10-2-3-10/h6,9-10H,2-5,7-8H2,1H3,(H,15,16,17). The van der Waals surface area contributed by atoms with Gasteiger partial charge in [0, 0.05) is 25.2 Å². The first-order valence-electron chi connectivity index (χ1n) is 6.81. The Labute approximate surface area is 123 Å². The quantitative estimate of drug-likeness (QED) is 0.514. The van der Waals surface area contributed by atoms with E-state index in [1.54, 1.807) is 6.07 Å². The Kier molecular flexibility index (Phi) is 4.15. The minimum atomic E-state index is 0.507. The van der Waals surface area contributed by atoms with Crippen LogP contribution in [0.4, 0.5) is 5.82 Å².